The fraction of sp³-hybridized carbons (Fsp3) is 0.417. The van der Waals surface area contributed by atoms with Crippen molar-refractivity contribution in [1.82, 2.24) is 9.55 Å². The Kier molecular flexibility index (Phi) is 2.58. The molecule has 5 heteroatoms. The molecule has 3 rings (SSSR count). The van der Waals surface area contributed by atoms with Gasteiger partial charge < -0.3 is 19.5 Å². The molecule has 2 N–H and O–H groups in total. The van der Waals surface area contributed by atoms with Gasteiger partial charge in [-0.25, -0.2) is 4.98 Å². The Balaban J connectivity index is 1.95. The van der Waals surface area contributed by atoms with Crippen molar-refractivity contribution in [3.8, 4) is 0 Å². The van der Waals surface area contributed by atoms with Gasteiger partial charge in [0.15, 0.2) is 0 Å². The maximum atomic E-state index is 9.71. The number of para-hydroxylation sites is 2. The van der Waals surface area contributed by atoms with Crippen molar-refractivity contribution in [2.75, 3.05) is 6.61 Å². The first-order chi connectivity index (χ1) is 8.29. The van der Waals surface area contributed by atoms with Gasteiger partial charge in [-0.3, -0.25) is 0 Å². The number of hydrogen-bond donors (Lipinski definition) is 2. The second kappa shape index (κ2) is 4.10. The second-order valence-corrected chi connectivity index (χ2v) is 4.26. The van der Waals surface area contributed by atoms with Gasteiger partial charge in [-0.05, 0) is 12.1 Å². The van der Waals surface area contributed by atoms with E-state index in [4.69, 9.17) is 9.84 Å². The number of aliphatic hydroxyl groups is 2. The quantitative estimate of drug-likeness (QED) is 0.801. The topological polar surface area (TPSA) is 67.5 Å². The van der Waals surface area contributed by atoms with E-state index in [9.17, 15) is 5.11 Å². The van der Waals surface area contributed by atoms with Crippen molar-refractivity contribution >= 4 is 11.0 Å². The number of aliphatic hydroxyl groups excluding tert-OH is 2. The van der Waals surface area contributed by atoms with E-state index >= 15 is 0 Å². The highest BCUT2D eigenvalue weighted by Gasteiger charge is 2.34. The van der Waals surface area contributed by atoms with Crippen molar-refractivity contribution < 1.29 is 14.9 Å². The maximum Gasteiger partial charge on any atom is 0.138 e. The molecule has 0 unspecified atom stereocenters. The van der Waals surface area contributed by atoms with Crippen molar-refractivity contribution in [2.45, 2.75) is 24.9 Å². The van der Waals surface area contributed by atoms with Crippen LogP contribution >= 0.6 is 0 Å². The molecule has 3 atom stereocenters. The molecule has 1 fully saturated rings. The summed E-state index contributed by atoms with van der Waals surface area (Å²) in [5.74, 6) is 0. The SMILES string of the molecule is OC[C@@H]1O[C@H](n2cnc3ccccc32)C[C@H]1O. The van der Waals surface area contributed by atoms with Gasteiger partial charge in [0.05, 0.1) is 30.1 Å². The molecule has 1 aromatic carbocycles. The Bertz CT molecular complexity index is 525. The molecule has 1 aliphatic heterocycles. The molecular formula is C12H14N2O3. The predicted octanol–water partition coefficient (Wildman–Crippen LogP) is 0.677. The van der Waals surface area contributed by atoms with E-state index in [1.807, 2.05) is 28.8 Å². The summed E-state index contributed by atoms with van der Waals surface area (Å²) in [7, 11) is 0. The second-order valence-electron chi connectivity index (χ2n) is 4.26. The number of nitrogens with zero attached hydrogens (tertiary/aromatic N) is 2. The van der Waals surface area contributed by atoms with Gasteiger partial charge in [-0.15, -0.1) is 0 Å². The summed E-state index contributed by atoms with van der Waals surface area (Å²) >= 11 is 0. The van der Waals surface area contributed by atoms with E-state index in [2.05, 4.69) is 4.98 Å². The molecule has 2 aromatic rings. The van der Waals surface area contributed by atoms with Crippen LogP contribution in [0.3, 0.4) is 0 Å². The van der Waals surface area contributed by atoms with Crippen molar-refractivity contribution in [1.29, 1.82) is 0 Å². The predicted molar refractivity (Wildman–Crippen MR) is 61.4 cm³/mol. The van der Waals surface area contributed by atoms with Crippen LogP contribution < -0.4 is 0 Å². The number of ether oxygens (including phenoxy) is 1. The van der Waals surface area contributed by atoms with Crippen molar-refractivity contribution in [3.05, 3.63) is 30.6 Å². The molecule has 2 heterocycles. The third kappa shape index (κ3) is 1.72. The molecule has 0 amide bonds. The number of hydrogen-bond acceptors (Lipinski definition) is 4. The van der Waals surface area contributed by atoms with Crippen LogP contribution in [-0.2, 0) is 4.74 Å². The largest absolute Gasteiger partial charge is 0.394 e. The molecule has 17 heavy (non-hydrogen) atoms. The van der Waals surface area contributed by atoms with Crippen LogP contribution in [0.1, 0.15) is 12.6 Å². The van der Waals surface area contributed by atoms with Gasteiger partial charge in [0.2, 0.25) is 0 Å². The zero-order chi connectivity index (χ0) is 11.8. The maximum absolute atomic E-state index is 9.71. The highest BCUT2D eigenvalue weighted by Crippen LogP contribution is 2.30. The monoisotopic (exact) mass is 234 g/mol. The molecule has 1 aromatic heterocycles. The number of aromatic nitrogens is 2. The first-order valence-electron chi connectivity index (χ1n) is 5.65. The van der Waals surface area contributed by atoms with E-state index in [1.54, 1.807) is 6.33 Å². The minimum atomic E-state index is -0.619. The van der Waals surface area contributed by atoms with Gasteiger partial charge >= 0.3 is 0 Å². The lowest BCUT2D eigenvalue weighted by molar-refractivity contribution is -0.0430. The average molecular weight is 234 g/mol. The Labute approximate surface area is 98.3 Å². The standard InChI is InChI=1S/C12H14N2O3/c15-6-11-10(16)5-12(17-11)14-7-13-8-3-1-2-4-9(8)14/h1-4,7,10-12,15-16H,5-6H2/t10-,11+,12+/m1/s1. The Morgan fingerprint density at radius 2 is 2.24 bits per heavy atom. The number of fused-ring (bicyclic) bond motifs is 1. The van der Waals surface area contributed by atoms with Gasteiger partial charge in [0.1, 0.15) is 12.3 Å². The average Bonchev–Trinajstić information content (AvgIpc) is 2.92. The highest BCUT2D eigenvalue weighted by atomic mass is 16.5. The zero-order valence-corrected chi connectivity index (χ0v) is 9.23. The molecule has 0 aliphatic carbocycles. The summed E-state index contributed by atoms with van der Waals surface area (Å²) in [6, 6.07) is 7.76. The van der Waals surface area contributed by atoms with Gasteiger partial charge in [-0.1, -0.05) is 12.1 Å². The van der Waals surface area contributed by atoms with E-state index in [0.717, 1.165) is 11.0 Å². The van der Waals surface area contributed by atoms with E-state index in [-0.39, 0.29) is 12.8 Å². The summed E-state index contributed by atoms with van der Waals surface area (Å²) in [6.07, 6.45) is 0.815. The number of rotatable bonds is 2. The number of imidazole rings is 1. The summed E-state index contributed by atoms with van der Waals surface area (Å²) in [6.45, 7) is -0.162. The van der Waals surface area contributed by atoms with Crippen LogP contribution in [0.2, 0.25) is 0 Å². The summed E-state index contributed by atoms with van der Waals surface area (Å²) < 4.78 is 7.50. The third-order valence-electron chi connectivity index (χ3n) is 3.18. The summed E-state index contributed by atoms with van der Waals surface area (Å²) in [5.41, 5.74) is 1.88. The molecule has 90 valence electrons. The van der Waals surface area contributed by atoms with Crippen molar-refractivity contribution in [2.24, 2.45) is 0 Å². The highest BCUT2D eigenvalue weighted by molar-refractivity contribution is 5.75. The summed E-state index contributed by atoms with van der Waals surface area (Å²) in [4.78, 5) is 4.28. The van der Waals surface area contributed by atoms with E-state index in [0.29, 0.717) is 6.42 Å². The minimum Gasteiger partial charge on any atom is -0.394 e. The third-order valence-corrected chi connectivity index (χ3v) is 3.18. The van der Waals surface area contributed by atoms with Gasteiger partial charge in [-0.2, -0.15) is 0 Å². The first kappa shape index (κ1) is 10.7. The summed E-state index contributed by atoms with van der Waals surface area (Å²) in [5, 5.41) is 18.8. The fourth-order valence-electron chi connectivity index (χ4n) is 2.26. The molecule has 0 radical (unpaired) electrons. The molecule has 1 saturated heterocycles. The molecule has 1 aliphatic rings. The van der Waals surface area contributed by atoms with Crippen LogP contribution in [-0.4, -0.2) is 38.6 Å². The van der Waals surface area contributed by atoms with Gasteiger partial charge in [0.25, 0.3) is 0 Å². The Morgan fingerprint density at radius 1 is 1.41 bits per heavy atom. The lowest BCUT2D eigenvalue weighted by atomic mass is 10.2. The van der Waals surface area contributed by atoms with Crippen LogP contribution in [0.4, 0.5) is 0 Å². The molecule has 0 saturated carbocycles. The van der Waals surface area contributed by atoms with E-state index in [1.165, 1.54) is 0 Å². The van der Waals surface area contributed by atoms with Crippen LogP contribution in [0, 0.1) is 0 Å². The minimum absolute atomic E-state index is 0.162. The molecule has 0 spiro atoms. The molecule has 0 bridgehead atoms. The normalized spacial score (nSPS) is 28.9. The molecule has 5 nitrogen and oxygen atoms in total. The fourth-order valence-corrected chi connectivity index (χ4v) is 2.26. The first-order valence-corrected chi connectivity index (χ1v) is 5.65. The Morgan fingerprint density at radius 3 is 3.00 bits per heavy atom. The zero-order valence-electron chi connectivity index (χ0n) is 9.23. The van der Waals surface area contributed by atoms with Crippen LogP contribution in [0.5, 0.6) is 0 Å². The Hall–Kier alpha value is -1.43. The lowest BCUT2D eigenvalue weighted by Crippen LogP contribution is -2.24. The van der Waals surface area contributed by atoms with Crippen LogP contribution in [0.25, 0.3) is 11.0 Å². The van der Waals surface area contributed by atoms with Crippen molar-refractivity contribution in [3.63, 3.8) is 0 Å². The number of benzene rings is 1. The smallest absolute Gasteiger partial charge is 0.138 e. The van der Waals surface area contributed by atoms with Crippen LogP contribution in [0.15, 0.2) is 30.6 Å². The molecular weight excluding hydrogens is 220 g/mol. The van der Waals surface area contributed by atoms with E-state index < -0.39 is 12.2 Å². The van der Waals surface area contributed by atoms with Gasteiger partial charge in [0, 0.05) is 6.42 Å². The lowest BCUT2D eigenvalue weighted by Gasteiger charge is -2.13.